The summed E-state index contributed by atoms with van der Waals surface area (Å²) < 4.78 is 11.2. The summed E-state index contributed by atoms with van der Waals surface area (Å²) in [7, 11) is 1.55. The van der Waals surface area contributed by atoms with Crippen LogP contribution in [0.25, 0.3) is 0 Å². The van der Waals surface area contributed by atoms with Crippen LogP contribution < -0.4 is 19.7 Å². The maximum absolute atomic E-state index is 13.1. The van der Waals surface area contributed by atoms with Crippen LogP contribution in [0.4, 0.5) is 11.4 Å². The van der Waals surface area contributed by atoms with E-state index in [1.165, 1.54) is 0 Å². The summed E-state index contributed by atoms with van der Waals surface area (Å²) in [6, 6.07) is 16.6. The molecule has 0 fully saturated rings. The molecule has 2 heterocycles. The Bertz CT molecular complexity index is 1130. The van der Waals surface area contributed by atoms with E-state index in [0.29, 0.717) is 35.3 Å². The number of rotatable bonds is 5. The minimum absolute atomic E-state index is 0.0462. The van der Waals surface area contributed by atoms with E-state index in [1.54, 1.807) is 36.4 Å². The Kier molecular flexibility index (Phi) is 5.84. The molecule has 0 aliphatic carbocycles. The van der Waals surface area contributed by atoms with E-state index >= 15 is 0 Å². The summed E-state index contributed by atoms with van der Waals surface area (Å²) in [5.41, 5.74) is 3.05. The highest BCUT2D eigenvalue weighted by molar-refractivity contribution is 5.99. The van der Waals surface area contributed by atoms with Gasteiger partial charge in [-0.3, -0.25) is 9.59 Å². The van der Waals surface area contributed by atoms with E-state index in [-0.39, 0.29) is 24.7 Å². The minimum Gasteiger partial charge on any atom is -0.495 e. The molecule has 2 aromatic carbocycles. The Morgan fingerprint density at radius 3 is 2.81 bits per heavy atom. The van der Waals surface area contributed by atoms with Crippen LogP contribution in [0.2, 0.25) is 0 Å². The number of hydrogen-bond donors (Lipinski definition) is 1. The first-order valence-corrected chi connectivity index (χ1v) is 10.0. The number of fused-ring (bicyclic) bond motifs is 2. The molecular weight excluding hydrogens is 394 g/mol. The second-order valence-corrected chi connectivity index (χ2v) is 7.27. The number of methoxy groups -OCH3 is 1. The summed E-state index contributed by atoms with van der Waals surface area (Å²) in [5, 5.41) is 2.84. The van der Waals surface area contributed by atoms with Crippen molar-refractivity contribution >= 4 is 23.2 Å². The second kappa shape index (κ2) is 8.87. The van der Waals surface area contributed by atoms with E-state index < -0.39 is 0 Å². The molecule has 3 aromatic rings. The summed E-state index contributed by atoms with van der Waals surface area (Å²) in [6.45, 7) is 2.28. The zero-order valence-electron chi connectivity index (χ0n) is 17.4. The largest absolute Gasteiger partial charge is 0.495 e. The van der Waals surface area contributed by atoms with Crippen molar-refractivity contribution in [2.45, 2.75) is 26.3 Å². The van der Waals surface area contributed by atoms with E-state index in [9.17, 15) is 9.59 Å². The van der Waals surface area contributed by atoms with Gasteiger partial charge >= 0.3 is 0 Å². The van der Waals surface area contributed by atoms with Gasteiger partial charge in [-0.1, -0.05) is 24.3 Å². The molecule has 0 unspecified atom stereocenters. The van der Waals surface area contributed by atoms with Crippen LogP contribution in [0.15, 0.2) is 60.8 Å². The predicted molar refractivity (Wildman–Crippen MR) is 118 cm³/mol. The van der Waals surface area contributed by atoms with Crippen LogP contribution in [0.1, 0.15) is 24.0 Å². The van der Waals surface area contributed by atoms with Gasteiger partial charge in [-0.05, 0) is 42.8 Å². The van der Waals surface area contributed by atoms with Crippen molar-refractivity contribution in [3.63, 3.8) is 0 Å². The van der Waals surface area contributed by atoms with Gasteiger partial charge in [0, 0.05) is 24.6 Å². The molecule has 0 saturated heterocycles. The monoisotopic (exact) mass is 417 g/mol. The highest BCUT2D eigenvalue weighted by Crippen LogP contribution is 2.37. The number of nitrogens with one attached hydrogen (secondary N) is 1. The molecule has 4 rings (SSSR count). The van der Waals surface area contributed by atoms with Crippen molar-refractivity contribution in [1.29, 1.82) is 0 Å². The molecule has 7 nitrogen and oxygen atoms in total. The Morgan fingerprint density at radius 1 is 1.13 bits per heavy atom. The standard InChI is InChI=1S/C24H23N3O4/c1-16-9-10-21(30-2)18(14-16)26-22(28)11-12-23(29)27-15-17-6-3-4-8-20(17)31-24-19(27)7-5-13-25-24/h3-10,13-14H,11-12,15H2,1-2H3,(H,26,28). The summed E-state index contributed by atoms with van der Waals surface area (Å²) in [5.74, 6) is 1.18. The second-order valence-electron chi connectivity index (χ2n) is 7.27. The Hall–Kier alpha value is -3.87. The number of hydrogen-bond acceptors (Lipinski definition) is 5. The van der Waals surface area contributed by atoms with Gasteiger partial charge in [0.15, 0.2) is 0 Å². The predicted octanol–water partition coefficient (Wildman–Crippen LogP) is 4.46. The molecule has 158 valence electrons. The number of anilines is 2. The van der Waals surface area contributed by atoms with Gasteiger partial charge in [0.1, 0.15) is 17.2 Å². The molecule has 0 saturated carbocycles. The molecule has 1 aliphatic rings. The lowest BCUT2D eigenvalue weighted by Gasteiger charge is -2.21. The fourth-order valence-electron chi connectivity index (χ4n) is 3.47. The van der Waals surface area contributed by atoms with Gasteiger partial charge in [-0.25, -0.2) is 4.98 Å². The third kappa shape index (κ3) is 4.50. The number of pyridine rings is 1. The number of carbonyl (C=O) groups is 2. The summed E-state index contributed by atoms with van der Waals surface area (Å²) >= 11 is 0. The van der Waals surface area contributed by atoms with Crippen molar-refractivity contribution in [3.05, 3.63) is 71.9 Å². The molecule has 0 bridgehead atoms. The smallest absolute Gasteiger partial charge is 0.243 e. The third-order valence-electron chi connectivity index (χ3n) is 5.05. The molecule has 31 heavy (non-hydrogen) atoms. The number of ether oxygens (including phenoxy) is 2. The fraction of sp³-hybridized carbons (Fsp3) is 0.208. The topological polar surface area (TPSA) is 80.8 Å². The fourth-order valence-corrected chi connectivity index (χ4v) is 3.47. The van der Waals surface area contributed by atoms with Crippen LogP contribution in [-0.2, 0) is 16.1 Å². The Morgan fingerprint density at radius 2 is 1.97 bits per heavy atom. The van der Waals surface area contributed by atoms with Gasteiger partial charge < -0.3 is 19.7 Å². The summed E-state index contributed by atoms with van der Waals surface area (Å²) in [4.78, 5) is 31.5. The first-order valence-electron chi connectivity index (χ1n) is 10.0. The number of carbonyl (C=O) groups excluding carboxylic acids is 2. The zero-order chi connectivity index (χ0) is 21.8. The van der Waals surface area contributed by atoms with Crippen LogP contribution >= 0.6 is 0 Å². The maximum atomic E-state index is 13.1. The van der Waals surface area contributed by atoms with Crippen LogP contribution in [0.3, 0.4) is 0 Å². The van der Waals surface area contributed by atoms with Crippen molar-refractivity contribution in [1.82, 2.24) is 4.98 Å². The lowest BCUT2D eigenvalue weighted by atomic mass is 10.1. The number of benzene rings is 2. The molecule has 2 amide bonds. The van der Waals surface area contributed by atoms with Crippen molar-refractivity contribution in [2.24, 2.45) is 0 Å². The van der Waals surface area contributed by atoms with E-state index in [1.807, 2.05) is 43.3 Å². The third-order valence-corrected chi connectivity index (χ3v) is 5.05. The normalized spacial score (nSPS) is 12.1. The number of aromatic nitrogens is 1. The van der Waals surface area contributed by atoms with Gasteiger partial charge in [0.25, 0.3) is 0 Å². The van der Waals surface area contributed by atoms with E-state index in [2.05, 4.69) is 10.3 Å². The molecule has 1 aromatic heterocycles. The van der Waals surface area contributed by atoms with Crippen molar-refractivity contribution in [2.75, 3.05) is 17.3 Å². The number of para-hydroxylation sites is 1. The maximum Gasteiger partial charge on any atom is 0.243 e. The molecular formula is C24H23N3O4. The lowest BCUT2D eigenvalue weighted by Crippen LogP contribution is -2.30. The quantitative estimate of drug-likeness (QED) is 0.663. The molecule has 1 aliphatic heterocycles. The van der Waals surface area contributed by atoms with Gasteiger partial charge in [-0.15, -0.1) is 0 Å². The van der Waals surface area contributed by atoms with Crippen molar-refractivity contribution in [3.8, 4) is 17.4 Å². The minimum atomic E-state index is -0.255. The van der Waals surface area contributed by atoms with Crippen LogP contribution in [0, 0.1) is 6.92 Å². The lowest BCUT2D eigenvalue weighted by molar-refractivity contribution is -0.122. The number of nitrogens with zero attached hydrogens (tertiary/aromatic N) is 2. The average Bonchev–Trinajstić information content (AvgIpc) is 2.94. The number of aryl methyl sites for hydroxylation is 1. The molecule has 0 atom stereocenters. The number of amides is 2. The molecule has 0 radical (unpaired) electrons. The average molecular weight is 417 g/mol. The SMILES string of the molecule is COc1ccc(C)cc1NC(=O)CCC(=O)N1Cc2ccccc2Oc2ncccc21. The van der Waals surface area contributed by atoms with E-state index in [4.69, 9.17) is 9.47 Å². The Labute approximate surface area is 180 Å². The highest BCUT2D eigenvalue weighted by atomic mass is 16.5. The van der Waals surface area contributed by atoms with Crippen LogP contribution in [0.5, 0.6) is 17.4 Å². The van der Waals surface area contributed by atoms with Gasteiger partial charge in [-0.2, -0.15) is 0 Å². The molecule has 1 N–H and O–H groups in total. The van der Waals surface area contributed by atoms with Gasteiger partial charge in [0.05, 0.1) is 19.3 Å². The van der Waals surface area contributed by atoms with Gasteiger partial charge in [0.2, 0.25) is 17.7 Å². The molecule has 7 heteroatoms. The van der Waals surface area contributed by atoms with Crippen LogP contribution in [-0.4, -0.2) is 23.9 Å². The van der Waals surface area contributed by atoms with E-state index in [0.717, 1.165) is 11.1 Å². The first-order chi connectivity index (χ1) is 15.0. The van der Waals surface area contributed by atoms with Crippen molar-refractivity contribution < 1.29 is 19.1 Å². The first kappa shape index (κ1) is 20.4. The summed E-state index contributed by atoms with van der Waals surface area (Å²) in [6.07, 6.45) is 1.72. The highest BCUT2D eigenvalue weighted by Gasteiger charge is 2.26. The molecule has 0 spiro atoms. The Balaban J connectivity index is 1.48. The zero-order valence-corrected chi connectivity index (χ0v) is 17.4.